The van der Waals surface area contributed by atoms with Gasteiger partial charge in [0.05, 0.1) is 18.2 Å². The van der Waals surface area contributed by atoms with Crippen LogP contribution >= 0.6 is 0 Å². The van der Waals surface area contributed by atoms with Gasteiger partial charge in [0.25, 0.3) is 0 Å². The number of rotatable bonds is 8. The monoisotopic (exact) mass is 355 g/mol. The van der Waals surface area contributed by atoms with E-state index in [4.69, 9.17) is 10.00 Å². The molecule has 0 N–H and O–H groups in total. The third-order valence-corrected chi connectivity index (χ3v) is 4.11. The summed E-state index contributed by atoms with van der Waals surface area (Å²) in [6.07, 6.45) is 7.60. The van der Waals surface area contributed by atoms with Crippen LogP contribution in [0.15, 0.2) is 48.5 Å². The fraction of sp³-hybridized carbons (Fsp3) is 0.320. The van der Waals surface area contributed by atoms with Crippen molar-refractivity contribution in [1.82, 2.24) is 0 Å². The van der Waals surface area contributed by atoms with Crippen LogP contribution in [0.1, 0.15) is 62.1 Å². The minimum atomic E-state index is 0.630. The van der Waals surface area contributed by atoms with Gasteiger partial charge in [0.2, 0.25) is 0 Å². The highest BCUT2D eigenvalue weighted by atomic mass is 16.5. The van der Waals surface area contributed by atoms with Crippen molar-refractivity contribution >= 4 is 0 Å². The van der Waals surface area contributed by atoms with Crippen LogP contribution in [0.25, 0.3) is 0 Å². The maximum atomic E-state index is 8.77. The summed E-state index contributed by atoms with van der Waals surface area (Å²) in [6, 6.07) is 17.0. The molecule has 0 radical (unpaired) electrons. The average molecular weight is 355 g/mol. The molecule has 0 aliphatic heterocycles. The Labute approximate surface area is 163 Å². The fourth-order valence-electron chi connectivity index (χ4n) is 2.54. The molecule has 2 rings (SSSR count). The van der Waals surface area contributed by atoms with Gasteiger partial charge in [-0.3, -0.25) is 0 Å². The van der Waals surface area contributed by atoms with E-state index in [1.165, 1.54) is 32.1 Å². The van der Waals surface area contributed by atoms with Crippen molar-refractivity contribution in [3.05, 3.63) is 65.2 Å². The van der Waals surface area contributed by atoms with Crippen LogP contribution < -0.4 is 4.74 Å². The molecule has 2 nitrogen and oxygen atoms in total. The molecule has 0 spiro atoms. The lowest BCUT2D eigenvalue weighted by Gasteiger charge is -2.06. The summed E-state index contributed by atoms with van der Waals surface area (Å²) < 4.78 is 5.77. The highest BCUT2D eigenvalue weighted by Crippen LogP contribution is 2.13. The number of nitrogens with zero attached hydrogens (tertiary/aromatic N) is 1. The Bertz CT molecular complexity index is 850. The van der Waals surface area contributed by atoms with E-state index in [0.29, 0.717) is 5.56 Å². The maximum Gasteiger partial charge on any atom is 0.119 e. The summed E-state index contributed by atoms with van der Waals surface area (Å²) in [4.78, 5) is 0. The smallest absolute Gasteiger partial charge is 0.119 e. The summed E-state index contributed by atoms with van der Waals surface area (Å²) in [5.74, 6) is 12.6. The highest BCUT2D eigenvalue weighted by molar-refractivity contribution is 5.46. The lowest BCUT2D eigenvalue weighted by molar-refractivity contribution is 0.304. The van der Waals surface area contributed by atoms with Gasteiger partial charge in [-0.15, -0.1) is 0 Å². The summed E-state index contributed by atoms with van der Waals surface area (Å²) in [7, 11) is 0. The molecule has 0 fully saturated rings. The van der Waals surface area contributed by atoms with Gasteiger partial charge < -0.3 is 4.74 Å². The first-order valence-electron chi connectivity index (χ1n) is 9.57. The second kappa shape index (κ2) is 12.2. The van der Waals surface area contributed by atoms with E-state index in [-0.39, 0.29) is 0 Å². The number of hydrogen-bond acceptors (Lipinski definition) is 2. The predicted molar refractivity (Wildman–Crippen MR) is 110 cm³/mol. The fourth-order valence-corrected chi connectivity index (χ4v) is 2.54. The van der Waals surface area contributed by atoms with E-state index in [9.17, 15) is 0 Å². The van der Waals surface area contributed by atoms with E-state index >= 15 is 0 Å². The Morgan fingerprint density at radius 2 is 1.22 bits per heavy atom. The topological polar surface area (TPSA) is 33.0 Å². The molecule has 2 aromatic carbocycles. The number of unbranched alkanes of at least 4 members (excludes halogenated alkanes) is 5. The van der Waals surface area contributed by atoms with Crippen molar-refractivity contribution in [2.75, 3.05) is 6.61 Å². The van der Waals surface area contributed by atoms with Gasteiger partial charge in [0.15, 0.2) is 0 Å². The van der Waals surface area contributed by atoms with Gasteiger partial charge in [-0.1, -0.05) is 50.9 Å². The molecular formula is C25H25NO. The minimum absolute atomic E-state index is 0.630. The largest absolute Gasteiger partial charge is 0.494 e. The third kappa shape index (κ3) is 8.18. The molecule has 27 heavy (non-hydrogen) atoms. The van der Waals surface area contributed by atoms with Crippen molar-refractivity contribution in [2.24, 2.45) is 0 Å². The standard InChI is InChI=1S/C25H25NO/c1-2-3-4-5-6-9-20-27-25-18-16-23(17-19-25)11-8-7-10-22-12-14-24(21-26)15-13-22/h12-19H,2-6,9,20H2,1H3. The molecule has 0 heterocycles. The Balaban J connectivity index is 1.75. The van der Waals surface area contributed by atoms with Crippen molar-refractivity contribution in [3.8, 4) is 35.5 Å². The van der Waals surface area contributed by atoms with E-state index in [2.05, 4.69) is 36.7 Å². The Morgan fingerprint density at radius 3 is 1.81 bits per heavy atom. The first-order chi connectivity index (χ1) is 13.3. The number of hydrogen-bond donors (Lipinski definition) is 0. The Hall–Kier alpha value is -3.15. The Morgan fingerprint density at radius 1 is 0.704 bits per heavy atom. The van der Waals surface area contributed by atoms with Crippen LogP contribution in [0, 0.1) is 35.0 Å². The first-order valence-corrected chi connectivity index (χ1v) is 9.57. The van der Waals surface area contributed by atoms with Crippen molar-refractivity contribution in [2.45, 2.75) is 45.4 Å². The summed E-state index contributed by atoms with van der Waals surface area (Å²) in [6.45, 7) is 3.01. The number of nitriles is 1. The van der Waals surface area contributed by atoms with E-state index < -0.39 is 0 Å². The molecular weight excluding hydrogens is 330 g/mol. The highest BCUT2D eigenvalue weighted by Gasteiger charge is 1.95. The van der Waals surface area contributed by atoms with Crippen molar-refractivity contribution in [1.29, 1.82) is 5.26 Å². The minimum Gasteiger partial charge on any atom is -0.494 e. The van der Waals surface area contributed by atoms with E-state index in [1.807, 2.05) is 36.4 Å². The molecule has 0 aliphatic carbocycles. The quantitative estimate of drug-likeness (QED) is 0.449. The zero-order chi connectivity index (χ0) is 19.2. The van der Waals surface area contributed by atoms with Crippen LogP contribution in [0.5, 0.6) is 5.75 Å². The van der Waals surface area contributed by atoms with Gasteiger partial charge in [0.1, 0.15) is 5.75 Å². The molecule has 0 bridgehead atoms. The molecule has 0 amide bonds. The van der Waals surface area contributed by atoms with Gasteiger partial charge in [0, 0.05) is 11.1 Å². The van der Waals surface area contributed by atoms with Gasteiger partial charge in [-0.25, -0.2) is 0 Å². The van der Waals surface area contributed by atoms with E-state index in [1.54, 1.807) is 12.1 Å². The lowest BCUT2D eigenvalue weighted by atomic mass is 10.1. The zero-order valence-corrected chi connectivity index (χ0v) is 15.9. The molecule has 136 valence electrons. The average Bonchev–Trinajstić information content (AvgIpc) is 2.72. The lowest BCUT2D eigenvalue weighted by Crippen LogP contribution is -1.97. The van der Waals surface area contributed by atoms with Gasteiger partial charge in [-0.05, 0) is 66.8 Å². The summed E-state index contributed by atoms with van der Waals surface area (Å²) >= 11 is 0. The molecule has 0 aliphatic rings. The van der Waals surface area contributed by atoms with E-state index in [0.717, 1.165) is 29.9 Å². The van der Waals surface area contributed by atoms with Crippen LogP contribution in [-0.2, 0) is 0 Å². The van der Waals surface area contributed by atoms with Crippen LogP contribution in [-0.4, -0.2) is 6.61 Å². The Kier molecular flexibility index (Phi) is 9.14. The van der Waals surface area contributed by atoms with Gasteiger partial charge in [-0.2, -0.15) is 5.26 Å². The molecule has 0 aromatic heterocycles. The molecule has 2 aromatic rings. The number of benzene rings is 2. The van der Waals surface area contributed by atoms with Crippen molar-refractivity contribution in [3.63, 3.8) is 0 Å². The second-order valence-corrected chi connectivity index (χ2v) is 6.33. The third-order valence-electron chi connectivity index (χ3n) is 4.11. The predicted octanol–water partition coefficient (Wildman–Crippen LogP) is 5.70. The molecule has 0 unspecified atom stereocenters. The molecule has 0 saturated heterocycles. The van der Waals surface area contributed by atoms with Crippen LogP contribution in [0.3, 0.4) is 0 Å². The maximum absolute atomic E-state index is 8.77. The zero-order valence-electron chi connectivity index (χ0n) is 15.9. The van der Waals surface area contributed by atoms with Gasteiger partial charge >= 0.3 is 0 Å². The van der Waals surface area contributed by atoms with Crippen LogP contribution in [0.2, 0.25) is 0 Å². The molecule has 0 atom stereocenters. The summed E-state index contributed by atoms with van der Waals surface area (Å²) in [5.41, 5.74) is 2.39. The van der Waals surface area contributed by atoms with Crippen molar-refractivity contribution < 1.29 is 4.74 Å². The number of ether oxygens (including phenoxy) is 1. The first kappa shape index (κ1) is 20.2. The summed E-state index contributed by atoms with van der Waals surface area (Å²) in [5, 5.41) is 8.77. The molecule has 2 heteroatoms. The molecule has 0 saturated carbocycles. The van der Waals surface area contributed by atoms with Crippen LogP contribution in [0.4, 0.5) is 0 Å². The second-order valence-electron chi connectivity index (χ2n) is 6.33. The SMILES string of the molecule is CCCCCCCCOc1ccc(C#CC#Cc2ccc(C#N)cc2)cc1. The normalized spacial score (nSPS) is 9.33.